The number of thiophene rings is 1. The van der Waals surface area contributed by atoms with Crippen LogP contribution in [-0.2, 0) is 26.8 Å². The quantitative estimate of drug-likeness (QED) is 0.120. The summed E-state index contributed by atoms with van der Waals surface area (Å²) < 4.78 is 74.2. The van der Waals surface area contributed by atoms with Gasteiger partial charge in [-0.3, -0.25) is 9.11 Å². The van der Waals surface area contributed by atoms with Gasteiger partial charge in [-0.25, -0.2) is 0 Å². The van der Waals surface area contributed by atoms with Crippen molar-refractivity contribution in [1.29, 1.82) is 0 Å². The molecule has 0 bridgehead atoms. The monoisotopic (exact) mass is 701 g/mol. The summed E-state index contributed by atoms with van der Waals surface area (Å²) in [5.41, 5.74) is 2.87. The van der Waals surface area contributed by atoms with Crippen molar-refractivity contribution >= 4 is 98.3 Å². The van der Waals surface area contributed by atoms with Gasteiger partial charge in [-0.1, -0.05) is 41.6 Å². The Kier molecular flexibility index (Phi) is 9.78. The number of fused-ring (bicyclic) bond motifs is 4. The number of aryl methyl sites for hydroxylation is 1. The predicted molar refractivity (Wildman–Crippen MR) is 177 cm³/mol. The summed E-state index contributed by atoms with van der Waals surface area (Å²) in [5, 5.41) is 5.37. The molecule has 15 heteroatoms. The molecule has 1 aliphatic rings. The fraction of sp³-hybridized carbons (Fsp3) is 0.321. The van der Waals surface area contributed by atoms with Crippen molar-refractivity contribution in [2.24, 2.45) is 0 Å². The van der Waals surface area contributed by atoms with Crippen LogP contribution in [-0.4, -0.2) is 51.1 Å². The van der Waals surface area contributed by atoms with E-state index >= 15 is 0 Å². The van der Waals surface area contributed by atoms with Gasteiger partial charge in [-0.15, -0.1) is 11.3 Å². The minimum absolute atomic E-state index is 0.233. The summed E-state index contributed by atoms with van der Waals surface area (Å²) in [4.78, 5) is 3.01. The number of anilines is 1. The Balaban J connectivity index is 1.58. The van der Waals surface area contributed by atoms with Gasteiger partial charge < -0.3 is 9.64 Å². The van der Waals surface area contributed by atoms with Crippen LogP contribution in [0.4, 0.5) is 5.69 Å². The molecular weight excluding hydrogens is 672 g/mol. The summed E-state index contributed by atoms with van der Waals surface area (Å²) >= 11 is 11.0. The van der Waals surface area contributed by atoms with Gasteiger partial charge in [-0.2, -0.15) is 21.4 Å². The summed E-state index contributed by atoms with van der Waals surface area (Å²) in [6.07, 6.45) is 5.32. The van der Waals surface area contributed by atoms with E-state index in [1.807, 2.05) is 47.5 Å². The van der Waals surface area contributed by atoms with Gasteiger partial charge in [0.05, 0.1) is 29.3 Å². The van der Waals surface area contributed by atoms with Crippen LogP contribution in [0.2, 0.25) is 5.02 Å². The molecule has 0 saturated carbocycles. The lowest BCUT2D eigenvalue weighted by atomic mass is 10.2. The highest BCUT2D eigenvalue weighted by molar-refractivity contribution is 8.03. The molecule has 5 rings (SSSR count). The highest BCUT2D eigenvalue weighted by atomic mass is 35.5. The van der Waals surface area contributed by atoms with Gasteiger partial charge in [0, 0.05) is 40.4 Å². The van der Waals surface area contributed by atoms with E-state index in [4.69, 9.17) is 16.3 Å². The fourth-order valence-electron chi connectivity index (χ4n) is 4.96. The standard InChI is InChI=1S/C28H29ClN2O7S5/c1-3-18(14-25-30(9-4-12-42(32,33)34)21-16-19(29)6-7-23(21)40-25)15-26-31(10-5-13-43(35,36)37)27-24(41-26)17-22(38-2)20-8-11-39-28(20)27/h6-8,11,14-17H,3-5,9-10,12-13H2,1-2H3,(H-,32,33,34,35,36,37)/p+1. The number of aromatic nitrogens is 1. The van der Waals surface area contributed by atoms with Crippen LogP contribution in [0.1, 0.15) is 31.2 Å². The highest BCUT2D eigenvalue weighted by Gasteiger charge is 2.28. The van der Waals surface area contributed by atoms with Gasteiger partial charge in [0.25, 0.3) is 25.2 Å². The topological polar surface area (TPSA) is 125 Å². The lowest BCUT2D eigenvalue weighted by Gasteiger charge is -2.20. The summed E-state index contributed by atoms with van der Waals surface area (Å²) in [7, 11) is -6.56. The molecule has 0 amide bonds. The number of thiazole rings is 1. The first-order chi connectivity index (χ1) is 20.4. The molecule has 4 aromatic rings. The van der Waals surface area contributed by atoms with E-state index in [2.05, 4.69) is 16.7 Å². The number of thioether (sulfide) groups is 1. The molecule has 0 radical (unpaired) electrons. The predicted octanol–water partition coefficient (Wildman–Crippen LogP) is 6.87. The van der Waals surface area contributed by atoms with E-state index < -0.39 is 20.2 Å². The number of methoxy groups -OCH3 is 1. The van der Waals surface area contributed by atoms with Crippen LogP contribution in [0, 0.1) is 0 Å². The minimum atomic E-state index is -4.10. The number of rotatable bonds is 12. The average Bonchev–Trinajstić information content (AvgIpc) is 3.62. The second kappa shape index (κ2) is 13.1. The maximum absolute atomic E-state index is 11.5. The normalized spacial score (nSPS) is 15.2. The second-order valence-electron chi connectivity index (χ2n) is 9.88. The van der Waals surface area contributed by atoms with Crippen LogP contribution >= 0.6 is 46.0 Å². The Morgan fingerprint density at radius 2 is 1.84 bits per heavy atom. The lowest BCUT2D eigenvalue weighted by Crippen LogP contribution is -2.36. The number of nitrogens with zero attached hydrogens (tertiary/aromatic N) is 2. The molecule has 0 unspecified atom stereocenters. The molecule has 0 fully saturated rings. The van der Waals surface area contributed by atoms with Crippen molar-refractivity contribution < 1.29 is 35.2 Å². The number of hydrogen-bond acceptors (Lipinski definition) is 9. The van der Waals surface area contributed by atoms with Crippen LogP contribution in [0.15, 0.2) is 57.3 Å². The van der Waals surface area contributed by atoms with Crippen LogP contribution in [0.5, 0.6) is 5.75 Å². The van der Waals surface area contributed by atoms with E-state index in [-0.39, 0.29) is 24.3 Å². The van der Waals surface area contributed by atoms with E-state index in [9.17, 15) is 25.9 Å². The lowest BCUT2D eigenvalue weighted by molar-refractivity contribution is -0.667. The molecule has 1 aliphatic heterocycles. The average molecular weight is 702 g/mol. The Hall–Kier alpha value is -2.17. The van der Waals surface area contributed by atoms with Crippen molar-refractivity contribution in [1.82, 2.24) is 0 Å². The zero-order chi connectivity index (χ0) is 30.9. The molecule has 0 aliphatic carbocycles. The van der Waals surface area contributed by atoms with Gasteiger partial charge in [0.2, 0.25) is 5.52 Å². The maximum atomic E-state index is 11.5. The molecule has 3 heterocycles. The molecule has 230 valence electrons. The van der Waals surface area contributed by atoms with Crippen LogP contribution in [0.25, 0.3) is 26.4 Å². The zero-order valence-corrected chi connectivity index (χ0v) is 28.2. The van der Waals surface area contributed by atoms with Crippen molar-refractivity contribution in [3.8, 4) is 5.75 Å². The molecule has 2 N–H and O–H groups in total. The molecule has 2 aromatic heterocycles. The molecule has 43 heavy (non-hydrogen) atoms. The molecule has 2 aromatic carbocycles. The van der Waals surface area contributed by atoms with Gasteiger partial charge in [0.1, 0.15) is 15.1 Å². The molecule has 0 atom stereocenters. The Morgan fingerprint density at radius 3 is 2.53 bits per heavy atom. The maximum Gasteiger partial charge on any atom is 0.265 e. The van der Waals surface area contributed by atoms with E-state index in [1.54, 1.807) is 41.5 Å². The van der Waals surface area contributed by atoms with Gasteiger partial charge in [0.15, 0.2) is 6.54 Å². The van der Waals surface area contributed by atoms with Crippen LogP contribution in [0.3, 0.4) is 0 Å². The number of ether oxygens (including phenoxy) is 1. The number of hydrogen-bond donors (Lipinski definition) is 2. The molecule has 0 spiro atoms. The summed E-state index contributed by atoms with van der Waals surface area (Å²) in [6, 6.07) is 9.61. The van der Waals surface area contributed by atoms with Crippen LogP contribution < -0.4 is 14.2 Å². The largest absolute Gasteiger partial charge is 0.496 e. The third-order valence-corrected chi connectivity index (χ3v) is 11.9. The Labute approximate surface area is 267 Å². The third-order valence-electron chi connectivity index (χ3n) is 6.90. The number of halogens is 1. The molecule has 9 nitrogen and oxygen atoms in total. The first-order valence-corrected chi connectivity index (χ1v) is 19.5. The van der Waals surface area contributed by atoms with Gasteiger partial charge in [-0.05, 0) is 54.1 Å². The highest BCUT2D eigenvalue weighted by Crippen LogP contribution is 2.47. The first-order valence-electron chi connectivity index (χ1n) is 13.3. The smallest absolute Gasteiger partial charge is 0.265 e. The van der Waals surface area contributed by atoms with E-state index in [0.717, 1.165) is 52.2 Å². The Morgan fingerprint density at radius 1 is 1.09 bits per heavy atom. The fourth-order valence-corrected chi connectivity index (χ4v) is 9.49. The summed E-state index contributed by atoms with van der Waals surface area (Å²) in [5.74, 6) is 0.0767. The SMILES string of the molecule is CCC(/C=C1\Sc2ccc(Cl)cc2N1CCCS(=O)(=O)O)=C\c1sc2cc(OC)c3ccsc3c2[n+]1CCCS(=O)(=O)O. The molecule has 0 saturated heterocycles. The van der Waals surface area contributed by atoms with Gasteiger partial charge >= 0.3 is 0 Å². The Bertz CT molecular complexity index is 1960. The van der Waals surface area contributed by atoms with Crippen molar-refractivity contribution in [2.75, 3.05) is 30.1 Å². The third kappa shape index (κ3) is 7.56. The first kappa shape index (κ1) is 32.2. The summed E-state index contributed by atoms with van der Waals surface area (Å²) in [6.45, 7) is 2.81. The number of benzene rings is 2. The van der Waals surface area contributed by atoms with Crippen molar-refractivity contribution in [2.45, 2.75) is 37.6 Å². The minimum Gasteiger partial charge on any atom is -0.496 e. The molecular formula is C28H30ClN2O7S5+. The number of allylic oxidation sites excluding steroid dienone is 2. The van der Waals surface area contributed by atoms with E-state index in [0.29, 0.717) is 24.5 Å². The van der Waals surface area contributed by atoms with Crippen molar-refractivity contribution in [3.05, 3.63) is 62.4 Å². The second-order valence-corrected chi connectivity index (χ2v) is 16.5. The van der Waals surface area contributed by atoms with E-state index in [1.165, 1.54) is 0 Å². The zero-order valence-electron chi connectivity index (χ0n) is 23.3. The van der Waals surface area contributed by atoms with Crippen molar-refractivity contribution in [3.63, 3.8) is 0 Å².